The van der Waals surface area contributed by atoms with Gasteiger partial charge in [0.15, 0.2) is 0 Å². The Morgan fingerprint density at radius 2 is 2.00 bits per heavy atom. The number of hydrogen-bond acceptors (Lipinski definition) is 4. The quantitative estimate of drug-likeness (QED) is 0.793. The average molecular weight is 270 g/mol. The third-order valence-corrected chi connectivity index (χ3v) is 3.65. The number of aryl methyl sites for hydroxylation is 3. The summed E-state index contributed by atoms with van der Waals surface area (Å²) in [5.74, 6) is 1.69. The molecule has 2 heterocycles. The Kier molecular flexibility index (Phi) is 2.97. The number of rotatable bonds is 3. The van der Waals surface area contributed by atoms with Gasteiger partial charge in [-0.15, -0.1) is 0 Å². The molecule has 20 heavy (non-hydrogen) atoms. The van der Waals surface area contributed by atoms with Crippen molar-refractivity contribution in [1.82, 2.24) is 14.7 Å². The minimum Gasteiger partial charge on any atom is -0.361 e. The van der Waals surface area contributed by atoms with Gasteiger partial charge in [-0.3, -0.25) is 0 Å². The second-order valence-electron chi connectivity index (χ2n) is 5.09. The highest BCUT2D eigenvalue weighted by molar-refractivity contribution is 5.78. The number of fused-ring (bicyclic) bond motifs is 1. The van der Waals surface area contributed by atoms with Crippen LogP contribution in [0, 0.1) is 13.8 Å². The summed E-state index contributed by atoms with van der Waals surface area (Å²) in [6.07, 6.45) is 0. The minimum absolute atomic E-state index is 0.0942. The zero-order valence-electron chi connectivity index (χ0n) is 12.1. The topological polar surface area (TPSA) is 55.9 Å². The summed E-state index contributed by atoms with van der Waals surface area (Å²) >= 11 is 0. The highest BCUT2D eigenvalue weighted by Gasteiger charge is 2.18. The van der Waals surface area contributed by atoms with Crippen molar-refractivity contribution < 1.29 is 4.52 Å². The summed E-state index contributed by atoms with van der Waals surface area (Å²) < 4.78 is 7.29. The number of nitrogens with zero attached hydrogens (tertiary/aromatic N) is 3. The predicted molar refractivity (Wildman–Crippen MR) is 78.7 cm³/mol. The number of para-hydroxylation sites is 2. The number of aromatic nitrogens is 3. The fourth-order valence-electron chi connectivity index (χ4n) is 2.65. The first-order valence-corrected chi connectivity index (χ1v) is 6.68. The Morgan fingerprint density at radius 3 is 2.65 bits per heavy atom. The number of nitrogens with one attached hydrogen (secondary N) is 1. The molecule has 0 aliphatic carbocycles. The van der Waals surface area contributed by atoms with E-state index in [4.69, 9.17) is 4.52 Å². The van der Waals surface area contributed by atoms with Crippen molar-refractivity contribution in [2.75, 3.05) is 5.32 Å². The highest BCUT2D eigenvalue weighted by atomic mass is 16.5. The van der Waals surface area contributed by atoms with E-state index >= 15 is 0 Å². The van der Waals surface area contributed by atoms with Gasteiger partial charge in [0.1, 0.15) is 5.76 Å². The van der Waals surface area contributed by atoms with Crippen LogP contribution in [0.2, 0.25) is 0 Å². The largest absolute Gasteiger partial charge is 0.361 e. The molecule has 2 aromatic heterocycles. The van der Waals surface area contributed by atoms with Crippen molar-refractivity contribution >= 4 is 17.0 Å². The lowest BCUT2D eigenvalue weighted by molar-refractivity contribution is 0.392. The zero-order valence-corrected chi connectivity index (χ0v) is 12.1. The molecule has 3 rings (SSSR count). The van der Waals surface area contributed by atoms with Crippen LogP contribution in [-0.2, 0) is 7.05 Å². The molecule has 0 saturated heterocycles. The van der Waals surface area contributed by atoms with Gasteiger partial charge in [-0.05, 0) is 32.9 Å². The molecule has 0 aliphatic rings. The molecule has 1 aromatic carbocycles. The Hall–Kier alpha value is -2.30. The SMILES string of the molecule is Cc1noc(C)c1C(C)Nc1nc2ccccc2n1C. The van der Waals surface area contributed by atoms with E-state index in [0.717, 1.165) is 34.0 Å². The molecule has 5 nitrogen and oxygen atoms in total. The average Bonchev–Trinajstić information content (AvgIpc) is 2.92. The lowest BCUT2D eigenvalue weighted by atomic mass is 10.1. The second kappa shape index (κ2) is 4.67. The number of anilines is 1. The van der Waals surface area contributed by atoms with Gasteiger partial charge in [-0.1, -0.05) is 17.3 Å². The number of imidazole rings is 1. The molecule has 3 aromatic rings. The maximum absolute atomic E-state index is 5.23. The maximum Gasteiger partial charge on any atom is 0.204 e. The van der Waals surface area contributed by atoms with Crippen molar-refractivity contribution in [3.8, 4) is 0 Å². The second-order valence-corrected chi connectivity index (χ2v) is 5.09. The van der Waals surface area contributed by atoms with Gasteiger partial charge in [-0.25, -0.2) is 4.98 Å². The zero-order chi connectivity index (χ0) is 14.3. The van der Waals surface area contributed by atoms with Crippen LogP contribution < -0.4 is 5.32 Å². The van der Waals surface area contributed by atoms with Crippen molar-refractivity contribution in [1.29, 1.82) is 0 Å². The Balaban J connectivity index is 1.95. The molecule has 0 amide bonds. The van der Waals surface area contributed by atoms with Crippen LogP contribution in [0.15, 0.2) is 28.8 Å². The van der Waals surface area contributed by atoms with E-state index in [0.29, 0.717) is 0 Å². The van der Waals surface area contributed by atoms with Gasteiger partial charge in [-0.2, -0.15) is 0 Å². The fraction of sp³-hybridized carbons (Fsp3) is 0.333. The molecule has 0 spiro atoms. The van der Waals surface area contributed by atoms with Crippen LogP contribution in [-0.4, -0.2) is 14.7 Å². The van der Waals surface area contributed by atoms with Gasteiger partial charge in [0.05, 0.1) is 22.8 Å². The van der Waals surface area contributed by atoms with Gasteiger partial charge in [0.25, 0.3) is 0 Å². The Bertz CT molecular complexity index is 737. The van der Waals surface area contributed by atoms with Crippen LogP contribution in [0.4, 0.5) is 5.95 Å². The fourth-order valence-corrected chi connectivity index (χ4v) is 2.65. The summed E-state index contributed by atoms with van der Waals surface area (Å²) in [6, 6.07) is 8.19. The molecule has 0 aliphatic heterocycles. The third-order valence-electron chi connectivity index (χ3n) is 3.65. The van der Waals surface area contributed by atoms with Gasteiger partial charge in [0, 0.05) is 12.6 Å². The van der Waals surface area contributed by atoms with E-state index in [-0.39, 0.29) is 6.04 Å². The lowest BCUT2D eigenvalue weighted by Gasteiger charge is -2.14. The van der Waals surface area contributed by atoms with Crippen LogP contribution in [0.3, 0.4) is 0 Å². The molecule has 1 N–H and O–H groups in total. The van der Waals surface area contributed by atoms with Crippen LogP contribution in [0.1, 0.15) is 30.0 Å². The Morgan fingerprint density at radius 1 is 1.25 bits per heavy atom. The van der Waals surface area contributed by atoms with Crippen molar-refractivity contribution in [3.63, 3.8) is 0 Å². The van der Waals surface area contributed by atoms with Gasteiger partial charge < -0.3 is 14.4 Å². The van der Waals surface area contributed by atoms with E-state index in [9.17, 15) is 0 Å². The molecular weight excluding hydrogens is 252 g/mol. The first kappa shape index (κ1) is 12.7. The van der Waals surface area contributed by atoms with Crippen molar-refractivity contribution in [2.24, 2.45) is 7.05 Å². The number of benzene rings is 1. The first-order chi connectivity index (χ1) is 9.58. The lowest BCUT2D eigenvalue weighted by Crippen LogP contribution is -2.11. The molecule has 1 atom stereocenters. The maximum atomic E-state index is 5.23. The summed E-state index contributed by atoms with van der Waals surface area (Å²) in [6.45, 7) is 5.98. The predicted octanol–water partition coefficient (Wildman–Crippen LogP) is 3.35. The number of hydrogen-bond donors (Lipinski definition) is 1. The Labute approximate surface area is 117 Å². The first-order valence-electron chi connectivity index (χ1n) is 6.68. The highest BCUT2D eigenvalue weighted by Crippen LogP contribution is 2.26. The molecule has 0 fully saturated rings. The molecule has 0 radical (unpaired) electrons. The molecule has 0 bridgehead atoms. The molecule has 104 valence electrons. The summed E-state index contributed by atoms with van der Waals surface area (Å²) in [7, 11) is 2.01. The van der Waals surface area contributed by atoms with E-state index in [1.54, 1.807) is 0 Å². The van der Waals surface area contributed by atoms with Crippen molar-refractivity contribution in [3.05, 3.63) is 41.3 Å². The van der Waals surface area contributed by atoms with Crippen LogP contribution in [0.25, 0.3) is 11.0 Å². The van der Waals surface area contributed by atoms with Crippen molar-refractivity contribution in [2.45, 2.75) is 26.8 Å². The standard InChI is InChI=1S/C15H18N4O/c1-9(14-10(2)18-20-11(14)3)16-15-17-12-7-5-6-8-13(12)19(15)4/h5-9H,1-4H3,(H,16,17). The monoisotopic (exact) mass is 270 g/mol. The third kappa shape index (κ3) is 1.95. The van der Waals surface area contributed by atoms with E-state index in [1.807, 2.05) is 39.1 Å². The van der Waals surface area contributed by atoms with Crippen LogP contribution in [0.5, 0.6) is 0 Å². The van der Waals surface area contributed by atoms with E-state index in [1.165, 1.54) is 0 Å². The molecular formula is C15H18N4O. The van der Waals surface area contributed by atoms with E-state index in [2.05, 4.69) is 33.0 Å². The minimum atomic E-state index is 0.0942. The molecule has 1 unspecified atom stereocenters. The van der Waals surface area contributed by atoms with Crippen LogP contribution >= 0.6 is 0 Å². The molecule has 5 heteroatoms. The van der Waals surface area contributed by atoms with E-state index < -0.39 is 0 Å². The molecule has 0 saturated carbocycles. The smallest absolute Gasteiger partial charge is 0.204 e. The summed E-state index contributed by atoms with van der Waals surface area (Å²) in [5, 5.41) is 7.44. The normalized spacial score (nSPS) is 12.8. The summed E-state index contributed by atoms with van der Waals surface area (Å²) in [4.78, 5) is 4.62. The summed E-state index contributed by atoms with van der Waals surface area (Å²) in [5.41, 5.74) is 4.11. The van der Waals surface area contributed by atoms with Gasteiger partial charge in [0.2, 0.25) is 5.95 Å². The van der Waals surface area contributed by atoms with Gasteiger partial charge >= 0.3 is 0 Å².